The van der Waals surface area contributed by atoms with Crippen LogP contribution in [0.25, 0.3) is 0 Å². The smallest absolute Gasteiger partial charge is 0.382 e. The fourth-order valence-corrected chi connectivity index (χ4v) is 2.50. The Morgan fingerprint density at radius 1 is 1.33 bits per heavy atom. The summed E-state index contributed by atoms with van der Waals surface area (Å²) in [5.41, 5.74) is -3.75. The maximum Gasteiger partial charge on any atom is 0.446 e. The van der Waals surface area contributed by atoms with Gasteiger partial charge in [-0.25, -0.2) is 0 Å². The fraction of sp³-hybridized carbons (Fsp3) is 0.500. The van der Waals surface area contributed by atoms with Crippen LogP contribution in [0.15, 0.2) is 29.2 Å². The molecule has 0 saturated carbocycles. The van der Waals surface area contributed by atoms with Crippen LogP contribution in [0.4, 0.5) is 18.9 Å². The van der Waals surface area contributed by atoms with E-state index < -0.39 is 5.51 Å². The van der Waals surface area contributed by atoms with Crippen LogP contribution in [0.5, 0.6) is 0 Å². The van der Waals surface area contributed by atoms with Crippen molar-refractivity contribution < 1.29 is 17.9 Å². The summed E-state index contributed by atoms with van der Waals surface area (Å²) in [6.07, 6.45) is 2.08. The molecule has 100 valence electrons. The molecule has 1 aromatic carbocycles. The molecule has 1 aliphatic rings. The number of thioether (sulfide) groups is 1. The molecule has 0 spiro atoms. The molecule has 0 bridgehead atoms. The number of hydrogen-bond donors (Lipinski definition) is 1. The molecule has 1 aromatic rings. The summed E-state index contributed by atoms with van der Waals surface area (Å²) in [5, 5.41) is 3.03. The van der Waals surface area contributed by atoms with E-state index in [0.29, 0.717) is 12.2 Å². The second-order valence-electron chi connectivity index (χ2n) is 4.06. The van der Waals surface area contributed by atoms with Crippen molar-refractivity contribution in [2.45, 2.75) is 29.3 Å². The quantitative estimate of drug-likeness (QED) is 0.844. The molecule has 1 fully saturated rings. The molecule has 0 aromatic heterocycles. The van der Waals surface area contributed by atoms with Crippen molar-refractivity contribution >= 4 is 17.4 Å². The Morgan fingerprint density at radius 3 is 2.78 bits per heavy atom. The number of halogens is 3. The van der Waals surface area contributed by atoms with Crippen LogP contribution in [-0.2, 0) is 4.74 Å². The lowest BCUT2D eigenvalue weighted by Crippen LogP contribution is -2.18. The van der Waals surface area contributed by atoms with Gasteiger partial charge in [-0.05, 0) is 36.7 Å². The van der Waals surface area contributed by atoms with Crippen molar-refractivity contribution in [2.75, 3.05) is 18.5 Å². The first-order valence-corrected chi connectivity index (χ1v) is 6.56. The second kappa shape index (κ2) is 5.84. The molecule has 1 saturated heterocycles. The van der Waals surface area contributed by atoms with Gasteiger partial charge in [0, 0.05) is 23.7 Å². The maximum absolute atomic E-state index is 12.4. The van der Waals surface area contributed by atoms with E-state index in [2.05, 4.69) is 5.32 Å². The summed E-state index contributed by atoms with van der Waals surface area (Å²) in [5.74, 6) is 0. The SMILES string of the molecule is FC(F)(F)Sc1ccccc1NCC1CCCO1. The lowest BCUT2D eigenvalue weighted by Gasteiger charge is -2.15. The fourth-order valence-electron chi connectivity index (χ4n) is 1.86. The van der Waals surface area contributed by atoms with Gasteiger partial charge in [-0.3, -0.25) is 0 Å². The highest BCUT2D eigenvalue weighted by atomic mass is 32.2. The van der Waals surface area contributed by atoms with Crippen molar-refractivity contribution in [3.05, 3.63) is 24.3 Å². The van der Waals surface area contributed by atoms with Crippen molar-refractivity contribution in [1.82, 2.24) is 0 Å². The molecular formula is C12H14F3NOS. The lowest BCUT2D eigenvalue weighted by molar-refractivity contribution is -0.0327. The number of anilines is 1. The van der Waals surface area contributed by atoms with Crippen LogP contribution in [0, 0.1) is 0 Å². The average molecular weight is 277 g/mol. The number of benzene rings is 1. The first-order valence-electron chi connectivity index (χ1n) is 5.75. The lowest BCUT2D eigenvalue weighted by atomic mass is 10.2. The number of nitrogens with one attached hydrogen (secondary N) is 1. The van der Waals surface area contributed by atoms with E-state index in [1.807, 2.05) is 0 Å². The van der Waals surface area contributed by atoms with Gasteiger partial charge in [0.25, 0.3) is 0 Å². The Morgan fingerprint density at radius 2 is 2.11 bits per heavy atom. The zero-order valence-corrected chi connectivity index (χ0v) is 10.5. The van der Waals surface area contributed by atoms with Gasteiger partial charge in [0.15, 0.2) is 0 Å². The number of ether oxygens (including phenoxy) is 1. The molecule has 0 radical (unpaired) electrons. The minimum absolute atomic E-state index is 0.0935. The van der Waals surface area contributed by atoms with Gasteiger partial charge in [-0.15, -0.1) is 0 Å². The van der Waals surface area contributed by atoms with Crippen LogP contribution in [0.1, 0.15) is 12.8 Å². The first-order chi connectivity index (χ1) is 8.54. The van der Waals surface area contributed by atoms with Gasteiger partial charge in [-0.1, -0.05) is 12.1 Å². The van der Waals surface area contributed by atoms with Crippen molar-refractivity contribution in [3.8, 4) is 0 Å². The van der Waals surface area contributed by atoms with E-state index >= 15 is 0 Å². The molecule has 1 N–H and O–H groups in total. The Bertz CT molecular complexity index is 391. The Kier molecular flexibility index (Phi) is 4.40. The molecule has 1 atom stereocenters. The minimum Gasteiger partial charge on any atom is -0.382 e. The van der Waals surface area contributed by atoms with E-state index in [0.717, 1.165) is 19.4 Å². The number of hydrogen-bond acceptors (Lipinski definition) is 3. The molecule has 1 aliphatic heterocycles. The summed E-state index contributed by atoms with van der Waals surface area (Å²) in [6.45, 7) is 1.29. The van der Waals surface area contributed by atoms with Gasteiger partial charge in [0.2, 0.25) is 0 Å². The van der Waals surface area contributed by atoms with Crippen molar-refractivity contribution in [1.29, 1.82) is 0 Å². The van der Waals surface area contributed by atoms with Crippen LogP contribution in [0.3, 0.4) is 0 Å². The number of alkyl halides is 3. The Balaban J connectivity index is 1.98. The second-order valence-corrected chi connectivity index (χ2v) is 5.17. The van der Waals surface area contributed by atoms with Gasteiger partial charge in [-0.2, -0.15) is 13.2 Å². The number of para-hydroxylation sites is 1. The standard InChI is InChI=1S/C12H14F3NOS/c13-12(14,15)18-11-6-2-1-5-10(11)16-8-9-4-3-7-17-9/h1-2,5-6,9,16H,3-4,7-8H2. The minimum atomic E-state index is -4.26. The predicted octanol–water partition coefficient (Wildman–Crippen LogP) is 3.89. The summed E-state index contributed by atoms with van der Waals surface area (Å²) in [4.78, 5) is 0.197. The van der Waals surface area contributed by atoms with E-state index in [9.17, 15) is 13.2 Å². The molecule has 0 aliphatic carbocycles. The first kappa shape index (κ1) is 13.5. The van der Waals surface area contributed by atoms with Gasteiger partial charge in [0.1, 0.15) is 0 Å². The zero-order chi connectivity index (χ0) is 13.0. The van der Waals surface area contributed by atoms with Crippen molar-refractivity contribution in [3.63, 3.8) is 0 Å². The largest absolute Gasteiger partial charge is 0.446 e. The molecule has 2 rings (SSSR count). The topological polar surface area (TPSA) is 21.3 Å². The Hall–Kier alpha value is -0.880. The van der Waals surface area contributed by atoms with Gasteiger partial charge in [0.05, 0.1) is 6.10 Å². The normalized spacial score (nSPS) is 20.1. The third kappa shape index (κ3) is 4.10. The summed E-state index contributed by atoms with van der Waals surface area (Å²) >= 11 is -0.0935. The van der Waals surface area contributed by atoms with E-state index in [1.165, 1.54) is 6.07 Å². The molecule has 6 heteroatoms. The molecule has 0 amide bonds. The molecule has 1 heterocycles. The van der Waals surface area contributed by atoms with Crippen LogP contribution < -0.4 is 5.32 Å². The number of rotatable bonds is 4. The highest BCUT2D eigenvalue weighted by molar-refractivity contribution is 8.00. The highest BCUT2D eigenvalue weighted by Gasteiger charge is 2.30. The summed E-state index contributed by atoms with van der Waals surface area (Å²) in [7, 11) is 0. The van der Waals surface area contributed by atoms with E-state index in [4.69, 9.17) is 4.74 Å². The summed E-state index contributed by atoms with van der Waals surface area (Å²) in [6, 6.07) is 6.45. The third-order valence-corrected chi connectivity index (χ3v) is 3.46. The zero-order valence-electron chi connectivity index (χ0n) is 9.67. The third-order valence-electron chi connectivity index (χ3n) is 2.66. The van der Waals surface area contributed by atoms with Crippen LogP contribution in [-0.4, -0.2) is 24.8 Å². The molecule has 1 unspecified atom stereocenters. The van der Waals surface area contributed by atoms with Gasteiger partial charge < -0.3 is 10.1 Å². The van der Waals surface area contributed by atoms with Crippen LogP contribution >= 0.6 is 11.8 Å². The predicted molar refractivity (Wildman–Crippen MR) is 65.8 cm³/mol. The highest BCUT2D eigenvalue weighted by Crippen LogP contribution is 2.40. The van der Waals surface area contributed by atoms with E-state index in [-0.39, 0.29) is 22.8 Å². The monoisotopic (exact) mass is 277 g/mol. The average Bonchev–Trinajstić information content (AvgIpc) is 2.79. The molecule has 18 heavy (non-hydrogen) atoms. The van der Waals surface area contributed by atoms with Crippen LogP contribution in [0.2, 0.25) is 0 Å². The maximum atomic E-state index is 12.4. The van der Waals surface area contributed by atoms with E-state index in [1.54, 1.807) is 18.2 Å². The summed E-state index contributed by atoms with van der Waals surface area (Å²) < 4.78 is 42.5. The molecular weight excluding hydrogens is 263 g/mol. The van der Waals surface area contributed by atoms with Gasteiger partial charge >= 0.3 is 5.51 Å². The Labute approximate surface area is 108 Å². The molecule has 2 nitrogen and oxygen atoms in total. The van der Waals surface area contributed by atoms with Crippen molar-refractivity contribution in [2.24, 2.45) is 0 Å².